The van der Waals surface area contributed by atoms with Crippen molar-refractivity contribution >= 4 is 35.9 Å². The number of hydrogen-bond donors (Lipinski definition) is 1. The first-order valence-corrected chi connectivity index (χ1v) is 7.38. The van der Waals surface area contributed by atoms with Gasteiger partial charge in [0.1, 0.15) is 0 Å². The van der Waals surface area contributed by atoms with Crippen molar-refractivity contribution in [2.75, 3.05) is 0 Å². The van der Waals surface area contributed by atoms with Gasteiger partial charge in [0.25, 0.3) is 0 Å². The molecule has 0 fully saturated rings. The minimum Gasteiger partial charge on any atom is -0.366 e. The third-order valence-electron chi connectivity index (χ3n) is 3.47. The zero-order chi connectivity index (χ0) is 17.1. The molecule has 0 saturated heterocycles. The average molecular weight is 329 g/mol. The van der Waals surface area contributed by atoms with E-state index >= 15 is 0 Å². The van der Waals surface area contributed by atoms with E-state index in [0.717, 1.165) is 5.35 Å². The van der Waals surface area contributed by atoms with Gasteiger partial charge in [0.2, 0.25) is 5.91 Å². The largest absolute Gasteiger partial charge is 0.366 e. The maximum Gasteiger partial charge on any atom is 0.248 e. The predicted octanol–water partition coefficient (Wildman–Crippen LogP) is 2.20. The van der Waals surface area contributed by atoms with Crippen LogP contribution in [0.3, 0.4) is 0 Å². The highest BCUT2D eigenvalue weighted by molar-refractivity contribution is 6.32. The van der Waals surface area contributed by atoms with Gasteiger partial charge in [0, 0.05) is 22.5 Å². The lowest BCUT2D eigenvalue weighted by Gasteiger charge is -2.08. The molecule has 1 amide bonds. The third kappa shape index (κ3) is 3.27. The second-order valence-corrected chi connectivity index (χ2v) is 5.46. The second-order valence-electron chi connectivity index (χ2n) is 5.06. The molecule has 0 aliphatic rings. The summed E-state index contributed by atoms with van der Waals surface area (Å²) in [6.07, 6.45) is 7.29. The van der Waals surface area contributed by atoms with Gasteiger partial charge >= 0.3 is 0 Å². The van der Waals surface area contributed by atoms with Crippen molar-refractivity contribution in [3.8, 4) is 5.69 Å². The lowest BCUT2D eigenvalue weighted by Crippen LogP contribution is -2.29. The molecule has 118 valence electrons. The van der Waals surface area contributed by atoms with E-state index in [-0.39, 0.29) is 5.78 Å². The number of aromatic nitrogens is 1. The van der Waals surface area contributed by atoms with E-state index in [1.54, 1.807) is 22.9 Å². The number of halogens is 1. The molecule has 0 atom stereocenters. The SMILES string of the molecule is C=c1c(C(C)=O)cn(-c2ccc(C(N)=O)cc2Cl)/c1=C/C=C\C. The van der Waals surface area contributed by atoms with Gasteiger partial charge in [-0.25, -0.2) is 0 Å². The summed E-state index contributed by atoms with van der Waals surface area (Å²) in [4.78, 5) is 23.0. The Morgan fingerprint density at radius 1 is 1.35 bits per heavy atom. The molecule has 1 aromatic carbocycles. The van der Waals surface area contributed by atoms with Gasteiger partial charge in [0.05, 0.1) is 16.1 Å². The summed E-state index contributed by atoms with van der Waals surface area (Å²) in [7, 11) is 0. The summed E-state index contributed by atoms with van der Waals surface area (Å²) in [6, 6.07) is 4.80. The number of carbonyl (C=O) groups is 2. The minimum absolute atomic E-state index is 0.0752. The zero-order valence-corrected chi connectivity index (χ0v) is 13.7. The predicted molar refractivity (Wildman–Crippen MR) is 93.4 cm³/mol. The lowest BCUT2D eigenvalue weighted by atomic mass is 10.2. The lowest BCUT2D eigenvalue weighted by molar-refractivity contribution is 0.0996. The summed E-state index contributed by atoms with van der Waals surface area (Å²) in [5, 5.41) is 1.74. The smallest absolute Gasteiger partial charge is 0.248 e. The number of nitrogens with zero attached hydrogens (tertiary/aromatic N) is 1. The molecule has 0 unspecified atom stereocenters. The summed E-state index contributed by atoms with van der Waals surface area (Å²) in [5.74, 6) is -0.623. The molecule has 1 heterocycles. The molecule has 2 rings (SSSR count). The van der Waals surface area contributed by atoms with Crippen LogP contribution >= 0.6 is 11.6 Å². The minimum atomic E-state index is -0.547. The summed E-state index contributed by atoms with van der Waals surface area (Å²) < 4.78 is 1.78. The van der Waals surface area contributed by atoms with Crippen LogP contribution in [0.2, 0.25) is 5.02 Å². The topological polar surface area (TPSA) is 65.1 Å². The zero-order valence-electron chi connectivity index (χ0n) is 13.0. The Morgan fingerprint density at radius 2 is 2.04 bits per heavy atom. The second kappa shape index (κ2) is 6.67. The Morgan fingerprint density at radius 3 is 2.57 bits per heavy atom. The molecule has 0 bridgehead atoms. The number of allylic oxidation sites excluding steroid dienone is 2. The first-order valence-electron chi connectivity index (χ1n) is 7.00. The normalized spacial score (nSPS) is 12.0. The fourth-order valence-corrected chi connectivity index (χ4v) is 2.56. The van der Waals surface area contributed by atoms with Crippen molar-refractivity contribution in [1.82, 2.24) is 4.57 Å². The number of rotatable bonds is 4. The van der Waals surface area contributed by atoms with Gasteiger partial charge in [-0.1, -0.05) is 30.3 Å². The van der Waals surface area contributed by atoms with Gasteiger partial charge in [-0.3, -0.25) is 9.59 Å². The quantitative estimate of drug-likeness (QED) is 0.874. The molecule has 2 N–H and O–H groups in total. The number of primary amides is 1. The Kier molecular flexibility index (Phi) is 4.86. The standard InChI is InChI=1S/C18H17ClN2O2/c1-4-5-6-16-11(2)14(12(3)22)10-21(16)17-8-7-13(18(20)23)9-15(17)19/h4-10H,2H2,1,3H3,(H2,20,23)/b5-4-,16-6+. The fraction of sp³-hybridized carbons (Fsp3) is 0.111. The molecule has 0 aliphatic heterocycles. The van der Waals surface area contributed by atoms with E-state index in [9.17, 15) is 9.59 Å². The van der Waals surface area contributed by atoms with Crippen LogP contribution in [0.5, 0.6) is 0 Å². The molecule has 2 aromatic rings. The van der Waals surface area contributed by atoms with Crippen LogP contribution in [0, 0.1) is 0 Å². The van der Waals surface area contributed by atoms with Crippen molar-refractivity contribution in [2.45, 2.75) is 13.8 Å². The van der Waals surface area contributed by atoms with Crippen LogP contribution in [-0.2, 0) is 0 Å². The van der Waals surface area contributed by atoms with Crippen molar-refractivity contribution in [2.24, 2.45) is 5.73 Å². The Bertz CT molecular complexity index is 923. The molecule has 4 nitrogen and oxygen atoms in total. The summed E-state index contributed by atoms with van der Waals surface area (Å²) in [6.45, 7) is 7.38. The van der Waals surface area contributed by atoms with Crippen molar-refractivity contribution in [3.63, 3.8) is 0 Å². The van der Waals surface area contributed by atoms with Crippen LogP contribution < -0.4 is 16.3 Å². The highest BCUT2D eigenvalue weighted by Crippen LogP contribution is 2.21. The molecule has 5 heteroatoms. The number of ketones is 1. The van der Waals surface area contributed by atoms with Crippen LogP contribution in [-0.4, -0.2) is 16.3 Å². The Labute approximate surface area is 139 Å². The van der Waals surface area contributed by atoms with E-state index in [1.165, 1.54) is 13.0 Å². The highest BCUT2D eigenvalue weighted by atomic mass is 35.5. The van der Waals surface area contributed by atoms with Crippen LogP contribution in [0.4, 0.5) is 0 Å². The van der Waals surface area contributed by atoms with Crippen LogP contribution in [0.15, 0.2) is 36.5 Å². The number of hydrogen-bond acceptors (Lipinski definition) is 2. The molecule has 0 saturated carbocycles. The van der Waals surface area contributed by atoms with Crippen molar-refractivity contribution in [3.05, 3.63) is 63.3 Å². The first kappa shape index (κ1) is 16.8. The van der Waals surface area contributed by atoms with Gasteiger partial charge in [0.15, 0.2) is 5.78 Å². The number of Topliss-reactive ketones (excluding diaryl/α,β-unsaturated/α-hetero) is 1. The van der Waals surface area contributed by atoms with Gasteiger partial charge < -0.3 is 10.3 Å². The number of amides is 1. The van der Waals surface area contributed by atoms with E-state index in [2.05, 4.69) is 6.58 Å². The number of benzene rings is 1. The molecule has 23 heavy (non-hydrogen) atoms. The maximum absolute atomic E-state index is 11.8. The maximum atomic E-state index is 11.8. The average Bonchev–Trinajstić information content (AvgIpc) is 2.81. The van der Waals surface area contributed by atoms with Crippen molar-refractivity contribution < 1.29 is 9.59 Å². The van der Waals surface area contributed by atoms with Crippen LogP contribution in [0.25, 0.3) is 18.3 Å². The number of nitrogens with two attached hydrogens (primary N) is 1. The van der Waals surface area contributed by atoms with Gasteiger partial charge in [-0.05, 0) is 38.1 Å². The molecule has 0 spiro atoms. The molecule has 0 aliphatic carbocycles. The summed E-state index contributed by atoms with van der Waals surface area (Å²) in [5.41, 5.74) is 6.75. The number of carbonyl (C=O) groups excluding carboxylic acids is 2. The van der Waals surface area contributed by atoms with Crippen molar-refractivity contribution in [1.29, 1.82) is 0 Å². The van der Waals surface area contributed by atoms with E-state index in [1.807, 2.05) is 25.2 Å². The molecule has 0 radical (unpaired) electrons. The Hall–Kier alpha value is -2.59. The molecular weight excluding hydrogens is 312 g/mol. The van der Waals surface area contributed by atoms with Crippen LogP contribution in [0.1, 0.15) is 34.6 Å². The molecular formula is C18H17ClN2O2. The van der Waals surface area contributed by atoms with E-state index in [0.29, 0.717) is 27.1 Å². The van der Waals surface area contributed by atoms with Gasteiger partial charge in [-0.15, -0.1) is 0 Å². The summed E-state index contributed by atoms with van der Waals surface area (Å²) >= 11 is 6.29. The van der Waals surface area contributed by atoms with E-state index in [4.69, 9.17) is 17.3 Å². The highest BCUT2D eigenvalue weighted by Gasteiger charge is 2.12. The third-order valence-corrected chi connectivity index (χ3v) is 3.77. The van der Waals surface area contributed by atoms with Gasteiger partial charge in [-0.2, -0.15) is 0 Å². The van der Waals surface area contributed by atoms with E-state index < -0.39 is 5.91 Å². The Balaban J connectivity index is 2.78. The first-order chi connectivity index (χ1) is 10.9. The monoisotopic (exact) mass is 328 g/mol. The fourth-order valence-electron chi connectivity index (χ4n) is 2.29. The molecule has 1 aromatic heterocycles.